The van der Waals surface area contributed by atoms with Crippen LogP contribution in [0.2, 0.25) is 0 Å². The Bertz CT molecular complexity index is 328. The summed E-state index contributed by atoms with van der Waals surface area (Å²) >= 11 is 0. The third-order valence-corrected chi connectivity index (χ3v) is 2.41. The van der Waals surface area contributed by atoms with E-state index in [4.69, 9.17) is 0 Å². The van der Waals surface area contributed by atoms with Crippen molar-refractivity contribution >= 4 is 5.84 Å². The highest BCUT2D eigenvalue weighted by molar-refractivity contribution is 5.82. The van der Waals surface area contributed by atoms with Crippen molar-refractivity contribution in [2.45, 2.75) is 25.8 Å². The largest absolute Gasteiger partial charge is 0.368 e. The zero-order valence-corrected chi connectivity index (χ0v) is 8.40. The van der Waals surface area contributed by atoms with Crippen LogP contribution in [0.1, 0.15) is 25.0 Å². The molecular formula is C9H15N5. The Morgan fingerprint density at radius 3 is 3.07 bits per heavy atom. The third kappa shape index (κ3) is 2.10. The lowest BCUT2D eigenvalue weighted by Gasteiger charge is -2.13. The van der Waals surface area contributed by atoms with Crippen molar-refractivity contribution in [2.75, 3.05) is 6.54 Å². The number of rotatable bonds is 2. The van der Waals surface area contributed by atoms with Gasteiger partial charge in [-0.25, -0.2) is 0 Å². The Hall–Kier alpha value is -1.39. The topological polar surface area (TPSA) is 55.1 Å². The molecule has 0 radical (unpaired) electrons. The molecule has 0 fully saturated rings. The van der Waals surface area contributed by atoms with Gasteiger partial charge in [-0.15, -0.1) is 5.10 Å². The Balaban J connectivity index is 1.88. The van der Waals surface area contributed by atoms with Crippen LogP contribution in [0.5, 0.6) is 0 Å². The normalized spacial score (nSPS) is 16.5. The van der Waals surface area contributed by atoms with E-state index in [-0.39, 0.29) is 0 Å². The van der Waals surface area contributed by atoms with E-state index >= 15 is 0 Å². The van der Waals surface area contributed by atoms with Gasteiger partial charge in [-0.2, -0.15) is 0 Å². The van der Waals surface area contributed by atoms with E-state index in [1.54, 1.807) is 10.9 Å². The van der Waals surface area contributed by atoms with Gasteiger partial charge in [0.15, 0.2) is 0 Å². The standard InChI is InChI=1S/C9H15N5/c1-14-8(7-12-13-14)6-11-9-4-2-3-5-10-9/h7H,2-6H2,1H3,(H,10,11). The predicted molar refractivity (Wildman–Crippen MR) is 54.0 cm³/mol. The van der Waals surface area contributed by atoms with E-state index in [0.29, 0.717) is 0 Å². The Morgan fingerprint density at radius 2 is 2.43 bits per heavy atom. The average Bonchev–Trinajstić information content (AvgIpc) is 2.63. The lowest BCUT2D eigenvalue weighted by molar-refractivity contribution is 0.653. The van der Waals surface area contributed by atoms with Crippen molar-refractivity contribution < 1.29 is 0 Å². The van der Waals surface area contributed by atoms with E-state index < -0.39 is 0 Å². The molecule has 76 valence electrons. The molecule has 0 aromatic carbocycles. The maximum Gasteiger partial charge on any atom is 0.0966 e. The molecule has 0 unspecified atom stereocenters. The molecule has 1 aromatic heterocycles. The number of nitrogens with one attached hydrogen (secondary N) is 1. The summed E-state index contributed by atoms with van der Waals surface area (Å²) in [5.41, 5.74) is 1.08. The summed E-state index contributed by atoms with van der Waals surface area (Å²) in [5, 5.41) is 11.0. The van der Waals surface area contributed by atoms with Gasteiger partial charge >= 0.3 is 0 Å². The molecular weight excluding hydrogens is 178 g/mol. The summed E-state index contributed by atoms with van der Waals surface area (Å²) in [6.45, 7) is 1.73. The second kappa shape index (κ2) is 4.21. The highest BCUT2D eigenvalue weighted by Crippen LogP contribution is 2.04. The average molecular weight is 193 g/mol. The van der Waals surface area contributed by atoms with Crippen LogP contribution in [0.3, 0.4) is 0 Å². The highest BCUT2D eigenvalue weighted by Gasteiger charge is 2.05. The van der Waals surface area contributed by atoms with Crippen LogP contribution < -0.4 is 5.32 Å². The van der Waals surface area contributed by atoms with Crippen molar-refractivity contribution in [1.82, 2.24) is 20.3 Å². The summed E-state index contributed by atoms with van der Waals surface area (Å²) in [4.78, 5) is 4.41. The van der Waals surface area contributed by atoms with Crippen LogP contribution in [-0.2, 0) is 13.6 Å². The minimum atomic E-state index is 0.766. The summed E-state index contributed by atoms with van der Waals surface area (Å²) < 4.78 is 1.77. The lowest BCUT2D eigenvalue weighted by atomic mass is 10.2. The fourth-order valence-corrected chi connectivity index (χ4v) is 1.51. The van der Waals surface area contributed by atoms with Gasteiger partial charge in [-0.05, 0) is 12.8 Å². The third-order valence-electron chi connectivity index (χ3n) is 2.41. The zero-order valence-electron chi connectivity index (χ0n) is 8.40. The van der Waals surface area contributed by atoms with Crippen LogP contribution in [0.15, 0.2) is 11.2 Å². The van der Waals surface area contributed by atoms with Crippen molar-refractivity contribution in [3.8, 4) is 0 Å². The molecule has 0 spiro atoms. The van der Waals surface area contributed by atoms with Gasteiger partial charge in [0.2, 0.25) is 0 Å². The molecule has 1 N–H and O–H groups in total. The van der Waals surface area contributed by atoms with Crippen LogP contribution in [0.4, 0.5) is 0 Å². The van der Waals surface area contributed by atoms with Crippen LogP contribution >= 0.6 is 0 Å². The van der Waals surface area contributed by atoms with Crippen molar-refractivity contribution in [2.24, 2.45) is 12.0 Å². The minimum absolute atomic E-state index is 0.766. The quantitative estimate of drug-likeness (QED) is 0.743. The molecule has 1 aliphatic rings. The number of aromatic nitrogens is 3. The zero-order chi connectivity index (χ0) is 9.80. The maximum absolute atomic E-state index is 4.41. The first kappa shape index (κ1) is 9.18. The van der Waals surface area contributed by atoms with Crippen LogP contribution in [-0.4, -0.2) is 27.4 Å². The number of hydrogen-bond acceptors (Lipinski definition) is 4. The van der Waals surface area contributed by atoms with Gasteiger partial charge in [0.05, 0.1) is 24.3 Å². The second-order valence-corrected chi connectivity index (χ2v) is 3.49. The molecule has 5 heteroatoms. The van der Waals surface area contributed by atoms with E-state index in [1.807, 2.05) is 7.05 Å². The van der Waals surface area contributed by atoms with Gasteiger partial charge in [0.25, 0.3) is 0 Å². The maximum atomic E-state index is 4.41. The Morgan fingerprint density at radius 1 is 1.50 bits per heavy atom. The molecule has 2 rings (SSSR count). The summed E-state index contributed by atoms with van der Waals surface area (Å²) in [6.07, 6.45) is 5.32. The number of hydrogen-bond donors (Lipinski definition) is 1. The van der Waals surface area contributed by atoms with Crippen LogP contribution in [0, 0.1) is 0 Å². The molecule has 5 nitrogen and oxygen atoms in total. The summed E-state index contributed by atoms with van der Waals surface area (Å²) in [7, 11) is 1.90. The molecule has 2 heterocycles. The van der Waals surface area contributed by atoms with E-state index in [9.17, 15) is 0 Å². The SMILES string of the molecule is Cn1nncc1CNC1=NCCCC1. The first-order valence-electron chi connectivity index (χ1n) is 4.97. The molecule has 1 aliphatic heterocycles. The van der Waals surface area contributed by atoms with Gasteiger partial charge in [0, 0.05) is 20.0 Å². The van der Waals surface area contributed by atoms with Crippen molar-refractivity contribution in [3.05, 3.63) is 11.9 Å². The first-order valence-corrected chi connectivity index (χ1v) is 4.97. The Labute approximate surface area is 83.2 Å². The summed E-state index contributed by atoms with van der Waals surface area (Å²) in [6, 6.07) is 0. The Kier molecular flexibility index (Phi) is 2.76. The van der Waals surface area contributed by atoms with Crippen molar-refractivity contribution in [3.63, 3.8) is 0 Å². The molecule has 0 bridgehead atoms. The number of nitrogens with zero attached hydrogens (tertiary/aromatic N) is 4. The summed E-state index contributed by atoms with van der Waals surface area (Å²) in [5.74, 6) is 1.12. The van der Waals surface area contributed by atoms with Crippen LogP contribution in [0.25, 0.3) is 0 Å². The van der Waals surface area contributed by atoms with Gasteiger partial charge in [-0.1, -0.05) is 5.21 Å². The number of amidine groups is 1. The molecule has 0 aliphatic carbocycles. The predicted octanol–water partition coefficient (Wildman–Crippen LogP) is 0.487. The van der Waals surface area contributed by atoms with Crippen molar-refractivity contribution in [1.29, 1.82) is 0 Å². The van der Waals surface area contributed by atoms with E-state index in [2.05, 4.69) is 20.6 Å². The molecule has 1 aromatic rings. The highest BCUT2D eigenvalue weighted by atomic mass is 15.4. The monoisotopic (exact) mass is 193 g/mol. The molecule has 0 saturated heterocycles. The minimum Gasteiger partial charge on any atom is -0.368 e. The fourth-order valence-electron chi connectivity index (χ4n) is 1.51. The van der Waals surface area contributed by atoms with E-state index in [0.717, 1.165) is 31.0 Å². The smallest absolute Gasteiger partial charge is 0.0966 e. The molecule has 0 atom stereocenters. The second-order valence-electron chi connectivity index (χ2n) is 3.49. The number of aliphatic imine (C=N–C) groups is 1. The molecule has 0 saturated carbocycles. The molecule has 0 amide bonds. The first-order chi connectivity index (χ1) is 6.86. The van der Waals surface area contributed by atoms with Gasteiger partial charge < -0.3 is 5.32 Å². The van der Waals surface area contributed by atoms with E-state index in [1.165, 1.54) is 12.8 Å². The fraction of sp³-hybridized carbons (Fsp3) is 0.667. The lowest BCUT2D eigenvalue weighted by Crippen LogP contribution is -2.26. The molecule has 14 heavy (non-hydrogen) atoms. The van der Waals surface area contributed by atoms with Gasteiger partial charge in [0.1, 0.15) is 0 Å². The number of aryl methyl sites for hydroxylation is 1. The van der Waals surface area contributed by atoms with Gasteiger partial charge in [-0.3, -0.25) is 9.67 Å².